The smallest absolute Gasteiger partial charge is 0.206 e. The standard InChI is InChI=1S/C26H23N5O2S/c1-31(2)24-14-8-21(9-15-24)28-30-23-12-18-26(19-13-23)34(32,33)25-16-10-22(11-17-25)29-27-20-6-4-3-5-7-20/h3-19H,1-2H3. The van der Waals surface area contributed by atoms with Crippen molar-refractivity contribution in [3.05, 3.63) is 103 Å². The van der Waals surface area contributed by atoms with Gasteiger partial charge in [0.05, 0.1) is 32.5 Å². The molecule has 7 nitrogen and oxygen atoms in total. The summed E-state index contributed by atoms with van der Waals surface area (Å²) >= 11 is 0. The molecule has 0 heterocycles. The molecule has 0 saturated heterocycles. The molecular weight excluding hydrogens is 446 g/mol. The van der Waals surface area contributed by atoms with E-state index >= 15 is 0 Å². The van der Waals surface area contributed by atoms with E-state index in [2.05, 4.69) is 20.5 Å². The Morgan fingerprint density at radius 1 is 0.500 bits per heavy atom. The summed E-state index contributed by atoms with van der Waals surface area (Å²) in [5.41, 5.74) is 3.64. The first-order valence-corrected chi connectivity index (χ1v) is 12.0. The van der Waals surface area contributed by atoms with Crippen LogP contribution in [0.25, 0.3) is 0 Å². The highest BCUT2D eigenvalue weighted by Crippen LogP contribution is 2.27. The van der Waals surface area contributed by atoms with Gasteiger partial charge in [0.1, 0.15) is 0 Å². The van der Waals surface area contributed by atoms with Crippen molar-refractivity contribution in [3.63, 3.8) is 0 Å². The van der Waals surface area contributed by atoms with Crippen LogP contribution in [0.2, 0.25) is 0 Å². The summed E-state index contributed by atoms with van der Waals surface area (Å²) in [6.45, 7) is 0. The molecule has 0 aliphatic heterocycles. The molecule has 0 atom stereocenters. The third kappa shape index (κ3) is 5.60. The van der Waals surface area contributed by atoms with E-state index in [1.165, 1.54) is 24.3 Å². The number of hydrogen-bond donors (Lipinski definition) is 0. The van der Waals surface area contributed by atoms with Gasteiger partial charge in [0, 0.05) is 19.8 Å². The SMILES string of the molecule is CN(C)c1ccc(N=Nc2ccc(S(=O)(=O)c3ccc(N=Nc4ccccc4)cc3)cc2)cc1. The first kappa shape index (κ1) is 23.0. The van der Waals surface area contributed by atoms with Crippen LogP contribution in [0.5, 0.6) is 0 Å². The van der Waals surface area contributed by atoms with Crippen LogP contribution in [0.4, 0.5) is 28.4 Å². The van der Waals surface area contributed by atoms with Gasteiger partial charge in [-0.2, -0.15) is 20.5 Å². The summed E-state index contributed by atoms with van der Waals surface area (Å²) in [6.07, 6.45) is 0. The van der Waals surface area contributed by atoms with Crippen molar-refractivity contribution >= 4 is 38.3 Å². The molecule has 4 aromatic carbocycles. The van der Waals surface area contributed by atoms with Gasteiger partial charge >= 0.3 is 0 Å². The Bertz CT molecular complexity index is 1400. The van der Waals surface area contributed by atoms with Crippen LogP contribution in [0.3, 0.4) is 0 Å². The Labute approximate surface area is 199 Å². The monoisotopic (exact) mass is 469 g/mol. The lowest BCUT2D eigenvalue weighted by molar-refractivity contribution is 0.596. The zero-order valence-electron chi connectivity index (χ0n) is 18.8. The Balaban J connectivity index is 1.45. The van der Waals surface area contributed by atoms with Crippen molar-refractivity contribution in [1.29, 1.82) is 0 Å². The fourth-order valence-corrected chi connectivity index (χ4v) is 4.32. The maximum Gasteiger partial charge on any atom is 0.206 e. The van der Waals surface area contributed by atoms with Gasteiger partial charge in [-0.1, -0.05) is 18.2 Å². The Kier molecular flexibility index (Phi) is 6.89. The van der Waals surface area contributed by atoms with E-state index in [-0.39, 0.29) is 9.79 Å². The number of rotatable bonds is 7. The molecule has 34 heavy (non-hydrogen) atoms. The van der Waals surface area contributed by atoms with Crippen LogP contribution < -0.4 is 4.90 Å². The fourth-order valence-electron chi connectivity index (χ4n) is 3.06. The number of azo groups is 2. The second-order valence-corrected chi connectivity index (χ2v) is 9.59. The van der Waals surface area contributed by atoms with Gasteiger partial charge in [-0.15, -0.1) is 0 Å². The summed E-state index contributed by atoms with van der Waals surface area (Å²) in [5, 5.41) is 16.7. The molecule has 0 N–H and O–H groups in total. The molecular formula is C26H23N5O2S. The van der Waals surface area contributed by atoms with E-state index in [0.29, 0.717) is 17.1 Å². The normalized spacial score (nSPS) is 11.8. The van der Waals surface area contributed by atoms with Crippen molar-refractivity contribution in [3.8, 4) is 0 Å². The average Bonchev–Trinajstić information content (AvgIpc) is 2.87. The molecule has 0 saturated carbocycles. The maximum atomic E-state index is 13.0. The van der Waals surface area contributed by atoms with Crippen LogP contribution in [0.1, 0.15) is 0 Å². The molecule has 0 aliphatic carbocycles. The van der Waals surface area contributed by atoms with E-state index in [1.807, 2.05) is 73.6 Å². The topological polar surface area (TPSA) is 86.8 Å². The van der Waals surface area contributed by atoms with Crippen LogP contribution >= 0.6 is 0 Å². The second-order valence-electron chi connectivity index (χ2n) is 7.64. The molecule has 4 aromatic rings. The van der Waals surface area contributed by atoms with Crippen molar-refractivity contribution in [2.75, 3.05) is 19.0 Å². The van der Waals surface area contributed by atoms with E-state index < -0.39 is 9.84 Å². The zero-order chi connectivity index (χ0) is 24.0. The summed E-state index contributed by atoms with van der Waals surface area (Å²) in [6, 6.07) is 29.6. The molecule has 0 amide bonds. The fraction of sp³-hybridized carbons (Fsp3) is 0.0769. The van der Waals surface area contributed by atoms with Crippen molar-refractivity contribution in [1.82, 2.24) is 0 Å². The summed E-state index contributed by atoms with van der Waals surface area (Å²) < 4.78 is 26.0. The molecule has 8 heteroatoms. The minimum absolute atomic E-state index is 0.181. The predicted octanol–water partition coefficient (Wildman–Crippen LogP) is 7.42. The van der Waals surface area contributed by atoms with Crippen molar-refractivity contribution in [2.24, 2.45) is 20.5 Å². The highest BCUT2D eigenvalue weighted by molar-refractivity contribution is 7.91. The minimum Gasteiger partial charge on any atom is -0.378 e. The molecule has 0 aliphatic rings. The summed E-state index contributed by atoms with van der Waals surface area (Å²) in [5.74, 6) is 0. The molecule has 0 radical (unpaired) electrons. The van der Waals surface area contributed by atoms with Crippen LogP contribution in [0.15, 0.2) is 133 Å². The molecule has 4 rings (SSSR count). The molecule has 170 valence electrons. The third-order valence-corrected chi connectivity index (χ3v) is 6.76. The van der Waals surface area contributed by atoms with Gasteiger partial charge < -0.3 is 4.90 Å². The van der Waals surface area contributed by atoms with Crippen LogP contribution in [-0.4, -0.2) is 22.5 Å². The summed E-state index contributed by atoms with van der Waals surface area (Å²) in [7, 11) is 0.271. The second kappa shape index (κ2) is 10.2. The third-order valence-electron chi connectivity index (χ3n) is 4.98. The number of nitrogens with zero attached hydrogens (tertiary/aromatic N) is 5. The van der Waals surface area contributed by atoms with Gasteiger partial charge in [-0.25, -0.2) is 8.42 Å². The lowest BCUT2D eigenvalue weighted by Gasteiger charge is -2.11. The number of benzene rings is 4. The van der Waals surface area contributed by atoms with E-state index in [1.54, 1.807) is 24.3 Å². The number of anilines is 1. The molecule has 0 fully saturated rings. The maximum absolute atomic E-state index is 13.0. The zero-order valence-corrected chi connectivity index (χ0v) is 19.6. The number of hydrogen-bond acceptors (Lipinski definition) is 7. The Morgan fingerprint density at radius 2 is 0.853 bits per heavy atom. The quantitative estimate of drug-likeness (QED) is 0.264. The largest absolute Gasteiger partial charge is 0.378 e. The van der Waals surface area contributed by atoms with E-state index in [0.717, 1.165) is 11.4 Å². The lowest BCUT2D eigenvalue weighted by atomic mass is 10.3. The lowest BCUT2D eigenvalue weighted by Crippen LogP contribution is -2.07. The highest BCUT2D eigenvalue weighted by Gasteiger charge is 2.17. The molecule has 0 aromatic heterocycles. The van der Waals surface area contributed by atoms with Crippen LogP contribution in [-0.2, 0) is 9.84 Å². The number of sulfone groups is 1. The molecule has 0 bridgehead atoms. The minimum atomic E-state index is -3.67. The first-order chi connectivity index (χ1) is 16.4. The molecule has 0 spiro atoms. The van der Waals surface area contributed by atoms with Gasteiger partial charge in [-0.3, -0.25) is 0 Å². The average molecular weight is 470 g/mol. The Hall–Kier alpha value is -4.17. The predicted molar refractivity (Wildman–Crippen MR) is 134 cm³/mol. The van der Waals surface area contributed by atoms with Crippen molar-refractivity contribution in [2.45, 2.75) is 9.79 Å². The highest BCUT2D eigenvalue weighted by atomic mass is 32.2. The van der Waals surface area contributed by atoms with Gasteiger partial charge in [0.15, 0.2) is 0 Å². The van der Waals surface area contributed by atoms with E-state index in [4.69, 9.17) is 0 Å². The molecule has 0 unspecified atom stereocenters. The first-order valence-electron chi connectivity index (χ1n) is 10.5. The van der Waals surface area contributed by atoms with Gasteiger partial charge in [0.2, 0.25) is 9.84 Å². The summed E-state index contributed by atoms with van der Waals surface area (Å²) in [4.78, 5) is 2.37. The van der Waals surface area contributed by atoms with Crippen LogP contribution in [0, 0.1) is 0 Å². The Morgan fingerprint density at radius 3 is 1.24 bits per heavy atom. The van der Waals surface area contributed by atoms with E-state index in [9.17, 15) is 8.42 Å². The van der Waals surface area contributed by atoms with Crippen molar-refractivity contribution < 1.29 is 8.42 Å². The van der Waals surface area contributed by atoms with Gasteiger partial charge in [0.25, 0.3) is 0 Å². The van der Waals surface area contributed by atoms with Gasteiger partial charge in [-0.05, 0) is 84.9 Å².